The average molecular weight is 322 g/mol. The Hall–Kier alpha value is -1.40. The van der Waals surface area contributed by atoms with Gasteiger partial charge in [0.15, 0.2) is 0 Å². The monoisotopic (exact) mass is 322 g/mol. The predicted molar refractivity (Wildman–Crippen MR) is 84.1 cm³/mol. The third-order valence-corrected chi connectivity index (χ3v) is 5.91. The molecule has 1 aliphatic carbocycles. The molecule has 0 atom stereocenters. The lowest BCUT2D eigenvalue weighted by atomic mass is 10.1. The first-order chi connectivity index (χ1) is 10.6. The summed E-state index contributed by atoms with van der Waals surface area (Å²) in [5, 5.41) is 0. The topological polar surface area (TPSA) is 66.5 Å². The van der Waals surface area contributed by atoms with Gasteiger partial charge in [0.05, 0.1) is 4.90 Å². The van der Waals surface area contributed by atoms with E-state index in [-0.39, 0.29) is 5.91 Å². The number of likely N-dealkylation sites (tertiary alicyclic amines) is 1. The summed E-state index contributed by atoms with van der Waals surface area (Å²) in [4.78, 5) is 13.6. The summed E-state index contributed by atoms with van der Waals surface area (Å²) in [5.41, 5.74) is 2.43. The molecular weight excluding hydrogens is 300 g/mol. The van der Waals surface area contributed by atoms with Gasteiger partial charge in [-0.1, -0.05) is 6.07 Å². The van der Waals surface area contributed by atoms with Crippen molar-refractivity contribution < 1.29 is 13.2 Å². The van der Waals surface area contributed by atoms with Gasteiger partial charge in [0.1, 0.15) is 0 Å². The number of benzene rings is 1. The Morgan fingerprint density at radius 2 is 1.91 bits per heavy atom. The van der Waals surface area contributed by atoms with Crippen LogP contribution in [0.15, 0.2) is 23.1 Å². The number of sulfonamides is 1. The first-order valence-corrected chi connectivity index (χ1v) is 9.44. The van der Waals surface area contributed by atoms with Crippen molar-refractivity contribution in [1.82, 2.24) is 9.62 Å². The minimum absolute atomic E-state index is 0.182. The number of aryl methyl sites for hydroxylation is 2. The van der Waals surface area contributed by atoms with Gasteiger partial charge >= 0.3 is 0 Å². The number of nitrogens with zero attached hydrogens (tertiary/aromatic N) is 1. The van der Waals surface area contributed by atoms with Gasteiger partial charge in [0.25, 0.3) is 0 Å². The van der Waals surface area contributed by atoms with Gasteiger partial charge in [-0.2, -0.15) is 0 Å². The van der Waals surface area contributed by atoms with Crippen LogP contribution in [0.1, 0.15) is 36.8 Å². The summed E-state index contributed by atoms with van der Waals surface area (Å²) in [6.07, 6.45) is 5.31. The molecule has 0 unspecified atom stereocenters. The molecule has 1 aromatic carbocycles. The Balaban J connectivity index is 1.54. The molecule has 2 aliphatic rings. The fourth-order valence-electron chi connectivity index (χ4n) is 3.22. The molecule has 22 heavy (non-hydrogen) atoms. The molecule has 1 aromatic rings. The molecule has 0 saturated carbocycles. The second-order valence-electron chi connectivity index (χ2n) is 6.02. The van der Waals surface area contributed by atoms with Crippen LogP contribution in [0.2, 0.25) is 0 Å². The second kappa shape index (κ2) is 6.38. The zero-order valence-corrected chi connectivity index (χ0v) is 13.5. The van der Waals surface area contributed by atoms with E-state index in [0.29, 0.717) is 30.8 Å². The van der Waals surface area contributed by atoms with Gasteiger partial charge in [-0.15, -0.1) is 0 Å². The summed E-state index contributed by atoms with van der Waals surface area (Å²) in [7, 11) is -3.44. The highest BCUT2D eigenvalue weighted by Gasteiger charge is 2.20. The molecule has 0 spiro atoms. The van der Waals surface area contributed by atoms with Crippen molar-refractivity contribution in [2.75, 3.05) is 19.6 Å². The molecule has 5 nitrogen and oxygen atoms in total. The van der Waals surface area contributed by atoms with E-state index in [4.69, 9.17) is 0 Å². The van der Waals surface area contributed by atoms with E-state index in [1.165, 1.54) is 5.56 Å². The molecule has 120 valence electrons. The lowest BCUT2D eigenvalue weighted by molar-refractivity contribution is -0.127. The fourth-order valence-corrected chi connectivity index (χ4v) is 4.34. The van der Waals surface area contributed by atoms with E-state index >= 15 is 0 Å². The summed E-state index contributed by atoms with van der Waals surface area (Å²) in [6.45, 7) is 1.80. The fraction of sp³-hybridized carbons (Fsp3) is 0.562. The highest BCUT2D eigenvalue weighted by atomic mass is 32.2. The highest BCUT2D eigenvalue weighted by molar-refractivity contribution is 7.89. The molecule has 1 fully saturated rings. The standard InChI is InChI=1S/C16H22N2O3S/c19-16-6-2-10-18(16)11-3-9-17-22(20,21)15-8-7-13-4-1-5-14(13)12-15/h7-8,12,17H,1-6,9-11H2. The van der Waals surface area contributed by atoms with E-state index in [0.717, 1.165) is 37.8 Å². The molecule has 1 amide bonds. The minimum atomic E-state index is -3.44. The zero-order valence-electron chi connectivity index (χ0n) is 12.7. The zero-order chi connectivity index (χ0) is 15.6. The lowest BCUT2D eigenvalue weighted by Crippen LogP contribution is -2.30. The van der Waals surface area contributed by atoms with Crippen LogP contribution in [-0.2, 0) is 27.7 Å². The summed E-state index contributed by atoms with van der Waals surface area (Å²) < 4.78 is 27.2. The van der Waals surface area contributed by atoms with Crippen molar-refractivity contribution in [2.45, 2.75) is 43.4 Å². The van der Waals surface area contributed by atoms with Crippen molar-refractivity contribution in [3.63, 3.8) is 0 Å². The van der Waals surface area contributed by atoms with Gasteiger partial charge in [0.2, 0.25) is 15.9 Å². The number of carbonyl (C=O) groups excluding carboxylic acids is 1. The maximum Gasteiger partial charge on any atom is 0.240 e. The van der Waals surface area contributed by atoms with Gasteiger partial charge in [-0.3, -0.25) is 4.79 Å². The second-order valence-corrected chi connectivity index (χ2v) is 7.79. The van der Waals surface area contributed by atoms with Crippen molar-refractivity contribution >= 4 is 15.9 Å². The van der Waals surface area contributed by atoms with Crippen LogP contribution < -0.4 is 4.72 Å². The Bertz CT molecular complexity index is 670. The van der Waals surface area contributed by atoms with E-state index < -0.39 is 10.0 Å². The largest absolute Gasteiger partial charge is 0.343 e. The molecule has 1 aliphatic heterocycles. The summed E-state index contributed by atoms with van der Waals surface area (Å²) in [6, 6.07) is 5.42. The molecule has 0 aromatic heterocycles. The van der Waals surface area contributed by atoms with Gasteiger partial charge in [0, 0.05) is 26.1 Å². The third-order valence-electron chi connectivity index (χ3n) is 4.45. The number of nitrogens with one attached hydrogen (secondary N) is 1. The molecule has 6 heteroatoms. The van der Waals surface area contributed by atoms with E-state index in [2.05, 4.69) is 4.72 Å². The van der Waals surface area contributed by atoms with Crippen molar-refractivity contribution in [1.29, 1.82) is 0 Å². The van der Waals surface area contributed by atoms with Crippen molar-refractivity contribution in [2.24, 2.45) is 0 Å². The average Bonchev–Trinajstić information content (AvgIpc) is 3.11. The van der Waals surface area contributed by atoms with Crippen LogP contribution in [0.4, 0.5) is 0 Å². The molecule has 0 bridgehead atoms. The molecule has 3 rings (SSSR count). The van der Waals surface area contributed by atoms with Crippen LogP contribution >= 0.6 is 0 Å². The SMILES string of the molecule is O=C1CCCN1CCCNS(=O)(=O)c1ccc2c(c1)CCC2. The van der Waals surface area contributed by atoms with Crippen molar-refractivity contribution in [3.05, 3.63) is 29.3 Å². The molecule has 1 saturated heterocycles. The van der Waals surface area contributed by atoms with Crippen LogP contribution in [0.5, 0.6) is 0 Å². The smallest absolute Gasteiger partial charge is 0.240 e. The Morgan fingerprint density at radius 3 is 2.68 bits per heavy atom. The first-order valence-electron chi connectivity index (χ1n) is 7.95. The molecule has 1 N–H and O–H groups in total. The summed E-state index contributed by atoms with van der Waals surface area (Å²) in [5.74, 6) is 0.182. The first kappa shape index (κ1) is 15.5. The normalized spacial score (nSPS) is 18.0. The highest BCUT2D eigenvalue weighted by Crippen LogP contribution is 2.24. The Labute approximate surface area is 131 Å². The quantitative estimate of drug-likeness (QED) is 0.807. The van der Waals surface area contributed by atoms with E-state index in [1.54, 1.807) is 12.1 Å². The third kappa shape index (κ3) is 3.33. The van der Waals surface area contributed by atoms with E-state index in [1.807, 2.05) is 11.0 Å². The van der Waals surface area contributed by atoms with Crippen molar-refractivity contribution in [3.8, 4) is 0 Å². The number of hydrogen-bond donors (Lipinski definition) is 1. The van der Waals surface area contributed by atoms with Crippen LogP contribution in [-0.4, -0.2) is 38.9 Å². The Kier molecular flexibility index (Phi) is 4.49. The minimum Gasteiger partial charge on any atom is -0.343 e. The van der Waals surface area contributed by atoms with Crippen LogP contribution in [0.3, 0.4) is 0 Å². The number of rotatable bonds is 6. The summed E-state index contributed by atoms with van der Waals surface area (Å²) >= 11 is 0. The van der Waals surface area contributed by atoms with E-state index in [9.17, 15) is 13.2 Å². The molecular formula is C16H22N2O3S. The lowest BCUT2D eigenvalue weighted by Gasteiger charge is -2.15. The van der Waals surface area contributed by atoms with Gasteiger partial charge < -0.3 is 4.90 Å². The van der Waals surface area contributed by atoms with Crippen LogP contribution in [0.25, 0.3) is 0 Å². The van der Waals surface area contributed by atoms with Crippen LogP contribution in [0, 0.1) is 0 Å². The number of hydrogen-bond acceptors (Lipinski definition) is 3. The molecule has 1 heterocycles. The Morgan fingerprint density at radius 1 is 1.09 bits per heavy atom. The number of fused-ring (bicyclic) bond motifs is 1. The predicted octanol–water partition coefficient (Wildman–Crippen LogP) is 1.47. The maximum absolute atomic E-state index is 12.3. The number of amides is 1. The molecule has 0 radical (unpaired) electrons. The maximum atomic E-state index is 12.3. The van der Waals surface area contributed by atoms with Gasteiger partial charge in [-0.25, -0.2) is 13.1 Å². The number of carbonyl (C=O) groups is 1. The van der Waals surface area contributed by atoms with Gasteiger partial charge in [-0.05, 0) is 55.4 Å².